The molecular formula is C11H19N3O3. The Morgan fingerprint density at radius 1 is 1.35 bits per heavy atom. The van der Waals surface area contributed by atoms with Gasteiger partial charge in [0.2, 0.25) is 0 Å². The maximum atomic E-state index is 11.1. The van der Waals surface area contributed by atoms with Crippen molar-refractivity contribution < 1.29 is 14.3 Å². The first kappa shape index (κ1) is 13.5. The molecule has 1 rings (SSSR count). The van der Waals surface area contributed by atoms with Gasteiger partial charge in [0, 0.05) is 19.4 Å². The van der Waals surface area contributed by atoms with Crippen LogP contribution in [0.4, 0.5) is 4.79 Å². The fraction of sp³-hybridized carbons (Fsp3) is 0.727. The normalized spacial score (nSPS) is 23.8. The molecule has 6 nitrogen and oxygen atoms in total. The molecule has 0 aliphatic heterocycles. The van der Waals surface area contributed by atoms with Crippen LogP contribution >= 0.6 is 0 Å². The predicted molar refractivity (Wildman–Crippen MR) is 62.5 cm³/mol. The van der Waals surface area contributed by atoms with E-state index < -0.39 is 12.1 Å². The number of amides is 1. The molecule has 17 heavy (non-hydrogen) atoms. The summed E-state index contributed by atoms with van der Waals surface area (Å²) in [6, 6.07) is 0. The van der Waals surface area contributed by atoms with Gasteiger partial charge >= 0.3 is 12.1 Å². The second-order valence-electron chi connectivity index (χ2n) is 4.43. The smallest absolute Gasteiger partial charge is 0.387 e. The molecule has 0 unspecified atom stereocenters. The summed E-state index contributed by atoms with van der Waals surface area (Å²) in [6.45, 7) is 1.70. The van der Waals surface area contributed by atoms with Crippen molar-refractivity contribution in [3.63, 3.8) is 0 Å². The molecule has 6 heteroatoms. The van der Waals surface area contributed by atoms with Crippen molar-refractivity contribution in [3.8, 4) is 0 Å². The van der Waals surface area contributed by atoms with E-state index in [-0.39, 0.29) is 11.8 Å². The molecule has 0 aromatic heterocycles. The maximum absolute atomic E-state index is 11.1. The first-order chi connectivity index (χ1) is 7.99. The minimum Gasteiger partial charge on any atom is -0.387 e. The number of amidine groups is 1. The van der Waals surface area contributed by atoms with E-state index >= 15 is 0 Å². The van der Waals surface area contributed by atoms with Gasteiger partial charge in [-0.05, 0) is 31.6 Å². The molecule has 1 aliphatic rings. The van der Waals surface area contributed by atoms with Gasteiger partial charge in [-0.15, -0.1) is 0 Å². The Morgan fingerprint density at radius 2 is 1.94 bits per heavy atom. The molecule has 1 aliphatic carbocycles. The molecule has 0 aromatic carbocycles. The van der Waals surface area contributed by atoms with Gasteiger partial charge in [-0.3, -0.25) is 10.2 Å². The van der Waals surface area contributed by atoms with Crippen LogP contribution in [0.15, 0.2) is 0 Å². The number of carbonyl (C=O) groups excluding carboxylic acids is 2. The Bertz CT molecular complexity index is 309. The van der Waals surface area contributed by atoms with Crippen LogP contribution in [-0.2, 0) is 9.53 Å². The van der Waals surface area contributed by atoms with Gasteiger partial charge in [0.1, 0.15) is 0 Å². The third-order valence-corrected chi connectivity index (χ3v) is 3.06. The summed E-state index contributed by atoms with van der Waals surface area (Å²) in [7, 11) is 0. The highest BCUT2D eigenvalue weighted by atomic mass is 16.6. The average Bonchev–Trinajstić information content (AvgIpc) is 2.26. The van der Waals surface area contributed by atoms with Gasteiger partial charge in [-0.1, -0.05) is 0 Å². The van der Waals surface area contributed by atoms with E-state index in [0.29, 0.717) is 12.5 Å². The minimum absolute atomic E-state index is 0.190. The number of hydrogen-bond donors (Lipinski definition) is 3. The molecule has 4 N–H and O–H groups in total. The molecule has 0 atom stereocenters. The number of nitrogens with two attached hydrogens (primary N) is 1. The number of carbonyl (C=O) groups is 2. The number of nitrogens with one attached hydrogen (secondary N) is 2. The van der Waals surface area contributed by atoms with Crippen molar-refractivity contribution in [1.82, 2.24) is 5.32 Å². The summed E-state index contributed by atoms with van der Waals surface area (Å²) in [5.74, 6) is 0.218. The first-order valence-electron chi connectivity index (χ1n) is 5.79. The van der Waals surface area contributed by atoms with Gasteiger partial charge in [0.05, 0.1) is 5.84 Å². The van der Waals surface area contributed by atoms with Gasteiger partial charge < -0.3 is 15.8 Å². The van der Waals surface area contributed by atoms with E-state index in [1.54, 1.807) is 0 Å². The Kier molecular flexibility index (Phi) is 4.93. The second kappa shape index (κ2) is 6.22. The molecule has 96 valence electrons. The van der Waals surface area contributed by atoms with Gasteiger partial charge in [0.15, 0.2) is 0 Å². The van der Waals surface area contributed by atoms with E-state index in [1.165, 1.54) is 6.92 Å². The highest BCUT2D eigenvalue weighted by molar-refractivity contribution is 5.83. The van der Waals surface area contributed by atoms with Crippen molar-refractivity contribution in [2.45, 2.75) is 32.6 Å². The lowest BCUT2D eigenvalue weighted by atomic mass is 9.81. The highest BCUT2D eigenvalue weighted by Crippen LogP contribution is 2.28. The molecule has 1 amide bonds. The summed E-state index contributed by atoms with van der Waals surface area (Å²) in [5, 5.41) is 9.91. The molecule has 0 radical (unpaired) electrons. The zero-order chi connectivity index (χ0) is 12.8. The predicted octanol–water partition coefficient (Wildman–Crippen LogP) is 1.00. The summed E-state index contributed by atoms with van der Waals surface area (Å²) in [5.41, 5.74) is 5.45. The Hall–Kier alpha value is -1.59. The van der Waals surface area contributed by atoms with Gasteiger partial charge in [-0.25, -0.2) is 4.79 Å². The van der Waals surface area contributed by atoms with Crippen LogP contribution in [0.2, 0.25) is 0 Å². The van der Waals surface area contributed by atoms with Crippen LogP contribution in [0, 0.1) is 17.2 Å². The number of hydrogen-bond acceptors (Lipinski definition) is 4. The number of esters is 1. The first-order valence-corrected chi connectivity index (χ1v) is 5.79. The lowest BCUT2D eigenvalue weighted by Crippen LogP contribution is -2.34. The van der Waals surface area contributed by atoms with Crippen LogP contribution in [0.5, 0.6) is 0 Å². The Morgan fingerprint density at radius 3 is 2.41 bits per heavy atom. The molecule has 1 saturated carbocycles. The third kappa shape index (κ3) is 4.84. The minimum atomic E-state index is -0.689. The van der Waals surface area contributed by atoms with Gasteiger partial charge in [0.25, 0.3) is 0 Å². The van der Waals surface area contributed by atoms with E-state index in [1.807, 2.05) is 0 Å². The van der Waals surface area contributed by atoms with E-state index in [4.69, 9.17) is 11.1 Å². The lowest BCUT2D eigenvalue weighted by Gasteiger charge is -2.27. The van der Waals surface area contributed by atoms with Crippen molar-refractivity contribution >= 4 is 17.9 Å². The molecule has 0 saturated heterocycles. The average molecular weight is 241 g/mol. The number of ether oxygens (including phenoxy) is 1. The van der Waals surface area contributed by atoms with E-state index in [2.05, 4.69) is 10.1 Å². The van der Waals surface area contributed by atoms with Crippen LogP contribution in [-0.4, -0.2) is 24.4 Å². The Labute approximate surface area is 100 Å². The zero-order valence-corrected chi connectivity index (χ0v) is 9.99. The lowest BCUT2D eigenvalue weighted by molar-refractivity contribution is -0.134. The summed E-state index contributed by atoms with van der Waals surface area (Å²) >= 11 is 0. The van der Waals surface area contributed by atoms with E-state index in [0.717, 1.165) is 25.7 Å². The van der Waals surface area contributed by atoms with Crippen molar-refractivity contribution in [2.75, 3.05) is 6.54 Å². The molecule has 0 heterocycles. The van der Waals surface area contributed by atoms with E-state index in [9.17, 15) is 9.59 Å². The Balaban J connectivity index is 2.20. The van der Waals surface area contributed by atoms with Crippen molar-refractivity contribution in [2.24, 2.45) is 17.6 Å². The summed E-state index contributed by atoms with van der Waals surface area (Å²) in [6.07, 6.45) is 2.97. The number of rotatable bonds is 3. The molecule has 0 spiro atoms. The quantitative estimate of drug-likeness (QED) is 0.296. The highest BCUT2D eigenvalue weighted by Gasteiger charge is 2.23. The van der Waals surface area contributed by atoms with Crippen molar-refractivity contribution in [3.05, 3.63) is 0 Å². The summed E-state index contributed by atoms with van der Waals surface area (Å²) in [4.78, 5) is 21.6. The standard InChI is InChI=1S/C11H19N3O3/c1-7(15)17-11(16)14-6-8-2-4-9(5-3-8)10(12)13/h8-9H,2-6H2,1H3,(H3,12,13)(H,14,16). The van der Waals surface area contributed by atoms with Crippen LogP contribution in [0.1, 0.15) is 32.6 Å². The van der Waals surface area contributed by atoms with Gasteiger partial charge in [-0.2, -0.15) is 0 Å². The topological polar surface area (TPSA) is 105 Å². The van der Waals surface area contributed by atoms with Crippen LogP contribution in [0.3, 0.4) is 0 Å². The molecule has 0 bridgehead atoms. The zero-order valence-electron chi connectivity index (χ0n) is 9.99. The fourth-order valence-corrected chi connectivity index (χ4v) is 2.07. The monoisotopic (exact) mass is 241 g/mol. The molecule has 1 fully saturated rings. The SMILES string of the molecule is CC(=O)OC(=O)NCC1CCC(C(=N)N)CC1. The van der Waals surface area contributed by atoms with Crippen LogP contribution in [0.25, 0.3) is 0 Å². The van der Waals surface area contributed by atoms with Crippen LogP contribution < -0.4 is 11.1 Å². The third-order valence-electron chi connectivity index (χ3n) is 3.06. The molecular weight excluding hydrogens is 222 g/mol. The second-order valence-corrected chi connectivity index (χ2v) is 4.43. The fourth-order valence-electron chi connectivity index (χ4n) is 2.07. The summed E-state index contributed by atoms with van der Waals surface area (Å²) < 4.78 is 4.36. The number of alkyl carbamates (subject to hydrolysis) is 1. The molecule has 0 aromatic rings. The van der Waals surface area contributed by atoms with Crippen molar-refractivity contribution in [1.29, 1.82) is 5.41 Å². The maximum Gasteiger partial charge on any atom is 0.414 e. The largest absolute Gasteiger partial charge is 0.414 e.